The molecule has 0 radical (unpaired) electrons. The number of nitrogens with one attached hydrogen (secondary N) is 1. The van der Waals surface area contributed by atoms with Gasteiger partial charge in [-0.05, 0) is 20.5 Å². The van der Waals surface area contributed by atoms with Crippen LogP contribution in [-0.2, 0) is 17.8 Å². The van der Waals surface area contributed by atoms with Crippen LogP contribution >= 0.6 is 0 Å². The first kappa shape index (κ1) is 16.5. The van der Waals surface area contributed by atoms with Gasteiger partial charge in [-0.3, -0.25) is 4.79 Å². The highest BCUT2D eigenvalue weighted by atomic mass is 16.1. The second-order valence-corrected chi connectivity index (χ2v) is 6.47. The normalized spacial score (nSPS) is 17.2. The predicted octanol–water partition coefficient (Wildman–Crippen LogP) is 2.10. The van der Waals surface area contributed by atoms with E-state index in [-0.39, 0.29) is 11.9 Å². The molecule has 0 aliphatic carbocycles. The van der Waals surface area contributed by atoms with Crippen molar-refractivity contribution in [2.24, 2.45) is 0 Å². The summed E-state index contributed by atoms with van der Waals surface area (Å²) in [4.78, 5) is 18.7. The van der Waals surface area contributed by atoms with Crippen molar-refractivity contribution in [3.05, 3.63) is 54.5 Å². The van der Waals surface area contributed by atoms with E-state index in [1.807, 2.05) is 43.3 Å². The maximum Gasteiger partial charge on any atom is 0.243 e. The standard InChI is InChI=1S/C19H24N4O/c1-22(2)12-6-9-19(24)20-16-10-11-18-21-17(14-23(18)13-16)15-7-4-3-5-8-15/h3-9,14,16H,10-13H2,1-2H3,(H,20,24)/b9-6+. The summed E-state index contributed by atoms with van der Waals surface area (Å²) in [6.07, 6.45) is 7.41. The number of fused-ring (bicyclic) bond motifs is 1. The molecule has 1 aliphatic rings. The van der Waals surface area contributed by atoms with Crippen LogP contribution in [0.3, 0.4) is 0 Å². The number of aryl methyl sites for hydroxylation is 1. The van der Waals surface area contributed by atoms with Gasteiger partial charge in [0.15, 0.2) is 0 Å². The van der Waals surface area contributed by atoms with Crippen LogP contribution < -0.4 is 5.32 Å². The zero-order valence-electron chi connectivity index (χ0n) is 14.3. The summed E-state index contributed by atoms with van der Waals surface area (Å²) in [7, 11) is 3.96. The molecule has 1 aromatic carbocycles. The van der Waals surface area contributed by atoms with Crippen LogP contribution in [0.4, 0.5) is 0 Å². The van der Waals surface area contributed by atoms with Gasteiger partial charge in [0.05, 0.1) is 5.69 Å². The number of carbonyl (C=O) groups is 1. The van der Waals surface area contributed by atoms with Crippen LogP contribution in [0.5, 0.6) is 0 Å². The first-order valence-corrected chi connectivity index (χ1v) is 8.35. The Bertz CT molecular complexity index is 718. The number of hydrogen-bond acceptors (Lipinski definition) is 3. The van der Waals surface area contributed by atoms with Crippen molar-refractivity contribution in [1.82, 2.24) is 19.8 Å². The van der Waals surface area contributed by atoms with Gasteiger partial charge in [-0.25, -0.2) is 4.98 Å². The van der Waals surface area contributed by atoms with Gasteiger partial charge < -0.3 is 14.8 Å². The molecule has 126 valence electrons. The number of amides is 1. The van der Waals surface area contributed by atoms with Crippen LogP contribution in [0.15, 0.2) is 48.7 Å². The SMILES string of the molecule is CN(C)C/C=C/C(=O)NC1CCc2nc(-c3ccccc3)cn2C1. The first-order chi connectivity index (χ1) is 11.6. The molecule has 0 bridgehead atoms. The Labute approximate surface area is 143 Å². The van der Waals surface area contributed by atoms with Crippen molar-refractivity contribution >= 4 is 5.91 Å². The number of imidazole rings is 1. The second-order valence-electron chi connectivity index (χ2n) is 6.47. The third kappa shape index (κ3) is 4.11. The lowest BCUT2D eigenvalue weighted by Gasteiger charge is -2.24. The second kappa shape index (κ2) is 7.45. The number of benzene rings is 1. The van der Waals surface area contributed by atoms with E-state index in [9.17, 15) is 4.79 Å². The molecule has 24 heavy (non-hydrogen) atoms. The van der Waals surface area contributed by atoms with Gasteiger partial charge in [-0.15, -0.1) is 0 Å². The summed E-state index contributed by atoms with van der Waals surface area (Å²) in [6.45, 7) is 1.55. The highest BCUT2D eigenvalue weighted by Crippen LogP contribution is 2.22. The molecular weight excluding hydrogens is 300 g/mol. The Balaban J connectivity index is 1.62. The van der Waals surface area contributed by atoms with Crippen LogP contribution in [0.2, 0.25) is 0 Å². The van der Waals surface area contributed by atoms with E-state index in [1.54, 1.807) is 6.08 Å². The van der Waals surface area contributed by atoms with E-state index in [0.29, 0.717) is 0 Å². The van der Waals surface area contributed by atoms with Crippen molar-refractivity contribution in [3.63, 3.8) is 0 Å². The van der Waals surface area contributed by atoms with Gasteiger partial charge >= 0.3 is 0 Å². The highest BCUT2D eigenvalue weighted by molar-refractivity contribution is 5.87. The molecule has 1 aromatic heterocycles. The minimum Gasteiger partial charge on any atom is -0.348 e. The van der Waals surface area contributed by atoms with E-state index in [0.717, 1.165) is 43.0 Å². The molecule has 1 N–H and O–H groups in total. The predicted molar refractivity (Wildman–Crippen MR) is 95.6 cm³/mol. The molecule has 5 heteroatoms. The largest absolute Gasteiger partial charge is 0.348 e. The van der Waals surface area contributed by atoms with Gasteiger partial charge in [0.2, 0.25) is 5.91 Å². The average Bonchev–Trinajstić information content (AvgIpc) is 2.98. The highest BCUT2D eigenvalue weighted by Gasteiger charge is 2.21. The van der Waals surface area contributed by atoms with Crippen LogP contribution in [0.1, 0.15) is 12.2 Å². The lowest BCUT2D eigenvalue weighted by atomic mass is 10.1. The maximum atomic E-state index is 12.0. The molecule has 3 rings (SSSR count). The fraction of sp³-hybridized carbons (Fsp3) is 0.368. The molecule has 0 fully saturated rings. The molecule has 1 amide bonds. The third-order valence-electron chi connectivity index (χ3n) is 4.15. The molecule has 0 saturated carbocycles. The maximum absolute atomic E-state index is 12.0. The quantitative estimate of drug-likeness (QED) is 0.857. The van der Waals surface area contributed by atoms with Crippen LogP contribution in [0, 0.1) is 0 Å². The molecule has 2 heterocycles. The zero-order chi connectivity index (χ0) is 16.9. The smallest absolute Gasteiger partial charge is 0.243 e. The van der Waals surface area contributed by atoms with E-state index >= 15 is 0 Å². The molecule has 0 saturated heterocycles. The Kier molecular flexibility index (Phi) is 5.11. The Hall–Kier alpha value is -2.40. The topological polar surface area (TPSA) is 50.2 Å². The fourth-order valence-corrected chi connectivity index (χ4v) is 2.93. The van der Waals surface area contributed by atoms with Gasteiger partial charge in [0, 0.05) is 43.4 Å². The number of likely N-dealkylation sites (N-methyl/N-ethyl adjacent to an activating group) is 1. The third-order valence-corrected chi connectivity index (χ3v) is 4.15. The number of carbonyl (C=O) groups excluding carboxylic acids is 1. The van der Waals surface area contributed by atoms with Gasteiger partial charge in [-0.1, -0.05) is 36.4 Å². The van der Waals surface area contributed by atoms with Gasteiger partial charge in [0.1, 0.15) is 5.82 Å². The number of nitrogens with zero attached hydrogens (tertiary/aromatic N) is 3. The Morgan fingerprint density at radius 1 is 1.38 bits per heavy atom. The zero-order valence-corrected chi connectivity index (χ0v) is 14.3. The molecular formula is C19H24N4O. The number of rotatable bonds is 5. The average molecular weight is 324 g/mol. The van der Waals surface area contributed by atoms with Crippen molar-refractivity contribution in [2.75, 3.05) is 20.6 Å². The van der Waals surface area contributed by atoms with E-state index in [1.165, 1.54) is 0 Å². The lowest BCUT2D eigenvalue weighted by Crippen LogP contribution is -2.40. The molecule has 1 unspecified atom stereocenters. The minimum absolute atomic E-state index is 0.0197. The van der Waals surface area contributed by atoms with Crippen molar-refractivity contribution in [2.45, 2.75) is 25.4 Å². The molecule has 1 aliphatic heterocycles. The van der Waals surface area contributed by atoms with Crippen molar-refractivity contribution in [1.29, 1.82) is 0 Å². The number of aromatic nitrogens is 2. The first-order valence-electron chi connectivity index (χ1n) is 8.35. The van der Waals surface area contributed by atoms with Crippen molar-refractivity contribution in [3.8, 4) is 11.3 Å². The molecule has 0 spiro atoms. The summed E-state index contributed by atoms with van der Waals surface area (Å²) in [5.41, 5.74) is 2.13. The lowest BCUT2D eigenvalue weighted by molar-refractivity contribution is -0.117. The summed E-state index contributed by atoms with van der Waals surface area (Å²) in [6, 6.07) is 10.4. The fourth-order valence-electron chi connectivity index (χ4n) is 2.93. The summed E-state index contributed by atoms with van der Waals surface area (Å²) in [5.74, 6) is 1.08. The minimum atomic E-state index is -0.0197. The van der Waals surface area contributed by atoms with Gasteiger partial charge in [-0.2, -0.15) is 0 Å². The van der Waals surface area contributed by atoms with Gasteiger partial charge in [0.25, 0.3) is 0 Å². The summed E-state index contributed by atoms with van der Waals surface area (Å²) in [5, 5.41) is 3.09. The van der Waals surface area contributed by atoms with Crippen molar-refractivity contribution < 1.29 is 4.79 Å². The van der Waals surface area contributed by atoms with Crippen LogP contribution in [-0.4, -0.2) is 47.0 Å². The van der Waals surface area contributed by atoms with E-state index in [2.05, 4.69) is 28.2 Å². The molecule has 2 aromatic rings. The Morgan fingerprint density at radius 2 is 2.17 bits per heavy atom. The van der Waals surface area contributed by atoms with Crippen LogP contribution in [0.25, 0.3) is 11.3 Å². The Morgan fingerprint density at radius 3 is 2.92 bits per heavy atom. The molecule has 1 atom stereocenters. The summed E-state index contributed by atoms with van der Waals surface area (Å²) >= 11 is 0. The van der Waals surface area contributed by atoms with E-state index < -0.39 is 0 Å². The molecule has 5 nitrogen and oxygen atoms in total. The monoisotopic (exact) mass is 324 g/mol. The summed E-state index contributed by atoms with van der Waals surface area (Å²) < 4.78 is 2.17. The van der Waals surface area contributed by atoms with E-state index in [4.69, 9.17) is 4.98 Å². The number of hydrogen-bond donors (Lipinski definition) is 1.